The Morgan fingerprint density at radius 2 is 1.92 bits per heavy atom. The fourth-order valence-corrected chi connectivity index (χ4v) is 3.08. The zero-order valence-electron chi connectivity index (χ0n) is 13.8. The maximum absolute atomic E-state index is 13.6. The number of carbonyl (C=O) groups excluding carboxylic acids is 2. The molecule has 25 heavy (non-hydrogen) atoms. The summed E-state index contributed by atoms with van der Waals surface area (Å²) in [4.78, 5) is 36.6. The molecule has 1 unspecified atom stereocenters. The number of ketones is 1. The van der Waals surface area contributed by atoms with Crippen LogP contribution in [0.2, 0.25) is 0 Å². The number of carbonyl (C=O) groups is 3. The van der Waals surface area contributed by atoms with Crippen molar-refractivity contribution in [3.05, 3.63) is 35.4 Å². The van der Waals surface area contributed by atoms with E-state index < -0.39 is 23.4 Å². The van der Waals surface area contributed by atoms with Gasteiger partial charge >= 0.3 is 5.97 Å². The average Bonchev–Trinajstić information content (AvgIpc) is 2.57. The molecule has 1 aliphatic heterocycles. The number of nitrogens with zero attached hydrogens (tertiary/aromatic N) is 1. The normalized spacial score (nSPS) is 17.4. The lowest BCUT2D eigenvalue weighted by Crippen LogP contribution is -2.40. The molecule has 136 valence electrons. The number of aliphatic carboxylic acids is 1. The molecular weight excluding hydrogens is 332 g/mol. The summed E-state index contributed by atoms with van der Waals surface area (Å²) in [6.45, 7) is 1.08. The van der Waals surface area contributed by atoms with Crippen LogP contribution in [0.25, 0.3) is 0 Å². The second-order valence-electron chi connectivity index (χ2n) is 6.33. The van der Waals surface area contributed by atoms with E-state index in [-0.39, 0.29) is 36.7 Å². The molecule has 1 heterocycles. The molecule has 1 aliphatic rings. The third-order valence-electron chi connectivity index (χ3n) is 4.44. The summed E-state index contributed by atoms with van der Waals surface area (Å²) in [5.41, 5.74) is -0.216. The number of likely N-dealkylation sites (tertiary alicyclic amines) is 1. The summed E-state index contributed by atoms with van der Waals surface area (Å²) < 4.78 is 26.4. The second-order valence-corrected chi connectivity index (χ2v) is 6.33. The predicted octanol–water partition coefficient (Wildman–Crippen LogP) is 3.03. The van der Waals surface area contributed by atoms with Crippen LogP contribution < -0.4 is 0 Å². The zero-order valence-corrected chi connectivity index (χ0v) is 13.8. The molecule has 0 saturated carbocycles. The Hall–Kier alpha value is -2.31. The molecule has 0 aliphatic carbocycles. The van der Waals surface area contributed by atoms with Crippen LogP contribution in [0.4, 0.5) is 8.78 Å². The topological polar surface area (TPSA) is 74.7 Å². The largest absolute Gasteiger partial charge is 0.481 e. The average molecular weight is 353 g/mol. The SMILES string of the molecule is O=C(O)CCC1CCCN(C(=O)CCC(=O)c2ccc(F)cc2F)C1. The number of rotatable bonds is 7. The van der Waals surface area contributed by atoms with Gasteiger partial charge in [-0.3, -0.25) is 14.4 Å². The highest BCUT2D eigenvalue weighted by atomic mass is 19.1. The molecule has 0 spiro atoms. The lowest BCUT2D eigenvalue weighted by atomic mass is 9.93. The highest BCUT2D eigenvalue weighted by Gasteiger charge is 2.24. The molecule has 1 amide bonds. The number of piperidine rings is 1. The van der Waals surface area contributed by atoms with Gasteiger partial charge in [0.1, 0.15) is 11.6 Å². The summed E-state index contributed by atoms with van der Waals surface area (Å²) in [6.07, 6.45) is 2.11. The fourth-order valence-electron chi connectivity index (χ4n) is 3.08. The molecular formula is C18H21F2NO4. The van der Waals surface area contributed by atoms with E-state index in [4.69, 9.17) is 5.11 Å². The van der Waals surface area contributed by atoms with Gasteiger partial charge in [0.2, 0.25) is 5.91 Å². The van der Waals surface area contributed by atoms with Crippen LogP contribution in [-0.2, 0) is 9.59 Å². The van der Waals surface area contributed by atoms with Crippen molar-refractivity contribution < 1.29 is 28.3 Å². The number of hydrogen-bond donors (Lipinski definition) is 1. The van der Waals surface area contributed by atoms with Gasteiger partial charge in [0.15, 0.2) is 5.78 Å². The van der Waals surface area contributed by atoms with Crippen LogP contribution in [0.15, 0.2) is 18.2 Å². The standard InChI is InChI=1S/C18H21F2NO4/c19-13-4-5-14(15(20)10-13)16(22)6-7-17(23)21-9-1-2-12(11-21)3-8-18(24)25/h4-5,10,12H,1-3,6-9,11H2,(H,24,25). The van der Waals surface area contributed by atoms with E-state index in [0.29, 0.717) is 25.6 Å². The quantitative estimate of drug-likeness (QED) is 0.765. The predicted molar refractivity (Wildman–Crippen MR) is 86.1 cm³/mol. The van der Waals surface area contributed by atoms with Gasteiger partial charge in [0.25, 0.3) is 0 Å². The fraction of sp³-hybridized carbons (Fsp3) is 0.500. The van der Waals surface area contributed by atoms with Gasteiger partial charge in [-0.05, 0) is 37.3 Å². The minimum absolute atomic E-state index is 0.0404. The Morgan fingerprint density at radius 1 is 1.16 bits per heavy atom. The highest BCUT2D eigenvalue weighted by Crippen LogP contribution is 2.22. The minimum atomic E-state index is -0.927. The minimum Gasteiger partial charge on any atom is -0.481 e. The Labute approximate surface area is 144 Å². The van der Waals surface area contributed by atoms with E-state index in [2.05, 4.69) is 0 Å². The number of hydrogen-bond acceptors (Lipinski definition) is 3. The molecule has 0 radical (unpaired) electrons. The maximum Gasteiger partial charge on any atom is 0.303 e. The maximum atomic E-state index is 13.6. The summed E-state index contributed by atoms with van der Waals surface area (Å²) >= 11 is 0. The lowest BCUT2D eigenvalue weighted by Gasteiger charge is -2.32. The third kappa shape index (κ3) is 5.62. The van der Waals surface area contributed by atoms with Gasteiger partial charge in [0.05, 0.1) is 5.56 Å². The van der Waals surface area contributed by atoms with Crippen molar-refractivity contribution in [2.24, 2.45) is 5.92 Å². The molecule has 1 aromatic rings. The van der Waals surface area contributed by atoms with Crippen LogP contribution in [0, 0.1) is 17.6 Å². The number of halogens is 2. The Bertz CT molecular complexity index is 662. The number of Topliss-reactive ketones (excluding diaryl/α,β-unsaturated/α-hetero) is 1. The zero-order chi connectivity index (χ0) is 18.4. The van der Waals surface area contributed by atoms with E-state index in [0.717, 1.165) is 25.0 Å². The lowest BCUT2D eigenvalue weighted by molar-refractivity contribution is -0.137. The molecule has 7 heteroatoms. The van der Waals surface area contributed by atoms with Gasteiger partial charge in [-0.1, -0.05) is 0 Å². The van der Waals surface area contributed by atoms with Crippen LogP contribution in [0.5, 0.6) is 0 Å². The van der Waals surface area contributed by atoms with Crippen molar-refractivity contribution in [2.75, 3.05) is 13.1 Å². The van der Waals surface area contributed by atoms with Gasteiger partial charge in [-0.15, -0.1) is 0 Å². The van der Waals surface area contributed by atoms with E-state index in [1.807, 2.05) is 0 Å². The van der Waals surface area contributed by atoms with Crippen molar-refractivity contribution in [2.45, 2.75) is 38.5 Å². The molecule has 1 fully saturated rings. The number of carboxylic acids is 1. The van der Waals surface area contributed by atoms with Crippen molar-refractivity contribution in [3.8, 4) is 0 Å². The van der Waals surface area contributed by atoms with Gasteiger partial charge in [-0.2, -0.15) is 0 Å². The van der Waals surface area contributed by atoms with Gasteiger partial charge < -0.3 is 10.0 Å². The smallest absolute Gasteiger partial charge is 0.303 e. The summed E-state index contributed by atoms with van der Waals surface area (Å²) in [6, 6.07) is 2.74. The third-order valence-corrected chi connectivity index (χ3v) is 4.44. The molecule has 2 rings (SSSR count). The van der Waals surface area contributed by atoms with Crippen molar-refractivity contribution >= 4 is 17.7 Å². The molecule has 1 atom stereocenters. The van der Waals surface area contributed by atoms with E-state index in [1.165, 1.54) is 0 Å². The van der Waals surface area contributed by atoms with E-state index >= 15 is 0 Å². The molecule has 0 aromatic heterocycles. The monoisotopic (exact) mass is 353 g/mol. The van der Waals surface area contributed by atoms with Gasteiger partial charge in [0, 0.05) is 38.4 Å². The Morgan fingerprint density at radius 3 is 2.60 bits per heavy atom. The molecule has 1 saturated heterocycles. The second kappa shape index (κ2) is 8.69. The first kappa shape index (κ1) is 19.0. The Balaban J connectivity index is 1.84. The first-order valence-electron chi connectivity index (χ1n) is 8.34. The first-order valence-corrected chi connectivity index (χ1v) is 8.34. The molecule has 1 aromatic carbocycles. The Kier molecular flexibility index (Phi) is 6.61. The first-order chi connectivity index (χ1) is 11.9. The van der Waals surface area contributed by atoms with Crippen molar-refractivity contribution in [1.29, 1.82) is 0 Å². The number of amides is 1. The van der Waals surface area contributed by atoms with Crippen LogP contribution >= 0.6 is 0 Å². The van der Waals surface area contributed by atoms with Crippen molar-refractivity contribution in [1.82, 2.24) is 4.90 Å². The highest BCUT2D eigenvalue weighted by molar-refractivity contribution is 5.98. The van der Waals surface area contributed by atoms with Crippen LogP contribution in [0.1, 0.15) is 48.9 Å². The van der Waals surface area contributed by atoms with Crippen molar-refractivity contribution in [3.63, 3.8) is 0 Å². The number of benzene rings is 1. The summed E-state index contributed by atoms with van der Waals surface area (Å²) in [7, 11) is 0. The summed E-state index contributed by atoms with van der Waals surface area (Å²) in [5.74, 6) is -3.12. The van der Waals surface area contributed by atoms with Gasteiger partial charge in [-0.25, -0.2) is 8.78 Å². The molecule has 5 nitrogen and oxygen atoms in total. The molecule has 0 bridgehead atoms. The van der Waals surface area contributed by atoms with E-state index in [1.54, 1.807) is 4.90 Å². The van der Waals surface area contributed by atoms with E-state index in [9.17, 15) is 23.2 Å². The summed E-state index contributed by atoms with van der Waals surface area (Å²) in [5, 5.41) is 8.74. The van der Waals surface area contributed by atoms with Crippen LogP contribution in [-0.4, -0.2) is 40.8 Å². The number of carboxylic acid groups (broad SMARTS) is 1. The molecule has 1 N–H and O–H groups in total. The van der Waals surface area contributed by atoms with Crippen LogP contribution in [0.3, 0.4) is 0 Å².